The Balaban J connectivity index is 2.22. The SMILES string of the molecule is COCC(C)C1CC(=O)c2ccc(F)cc2O1. The molecule has 0 spiro atoms. The standard InChI is InChI=1S/C13H15FO3/c1-8(7-16-2)12-6-11(15)10-4-3-9(14)5-13(10)17-12/h3-5,8,12H,6-7H2,1-2H3. The highest BCUT2D eigenvalue weighted by atomic mass is 19.1. The Morgan fingerprint density at radius 1 is 1.59 bits per heavy atom. The lowest BCUT2D eigenvalue weighted by atomic mass is 9.94. The van der Waals surface area contributed by atoms with Crippen LogP contribution in [0.2, 0.25) is 0 Å². The number of halogens is 1. The summed E-state index contributed by atoms with van der Waals surface area (Å²) >= 11 is 0. The van der Waals surface area contributed by atoms with Crippen molar-refractivity contribution in [3.8, 4) is 5.75 Å². The third-order valence-electron chi connectivity index (χ3n) is 2.97. The molecule has 4 heteroatoms. The maximum absolute atomic E-state index is 13.1. The molecular weight excluding hydrogens is 223 g/mol. The van der Waals surface area contributed by atoms with Gasteiger partial charge in [-0.25, -0.2) is 4.39 Å². The maximum atomic E-state index is 13.1. The molecule has 2 atom stereocenters. The Morgan fingerprint density at radius 2 is 2.35 bits per heavy atom. The minimum absolute atomic E-state index is 0.000738. The van der Waals surface area contributed by atoms with E-state index in [1.165, 1.54) is 18.2 Å². The number of rotatable bonds is 3. The second-order valence-electron chi connectivity index (χ2n) is 4.36. The smallest absolute Gasteiger partial charge is 0.170 e. The summed E-state index contributed by atoms with van der Waals surface area (Å²) in [5.41, 5.74) is 0.465. The molecule has 0 fully saturated rings. The van der Waals surface area contributed by atoms with Crippen LogP contribution in [0, 0.1) is 11.7 Å². The van der Waals surface area contributed by atoms with Gasteiger partial charge in [0.25, 0.3) is 0 Å². The fraction of sp³-hybridized carbons (Fsp3) is 0.462. The lowest BCUT2D eigenvalue weighted by Crippen LogP contribution is -2.34. The van der Waals surface area contributed by atoms with E-state index in [2.05, 4.69) is 0 Å². The second kappa shape index (κ2) is 4.84. The van der Waals surface area contributed by atoms with Crippen LogP contribution in [-0.4, -0.2) is 25.6 Å². The van der Waals surface area contributed by atoms with E-state index in [0.717, 1.165) is 0 Å². The lowest BCUT2D eigenvalue weighted by Gasteiger charge is -2.29. The quantitative estimate of drug-likeness (QED) is 0.811. The molecular formula is C13H15FO3. The fourth-order valence-electron chi connectivity index (χ4n) is 2.01. The molecule has 1 aliphatic heterocycles. The van der Waals surface area contributed by atoms with E-state index in [1.807, 2.05) is 6.92 Å². The van der Waals surface area contributed by atoms with Gasteiger partial charge in [-0.3, -0.25) is 4.79 Å². The topological polar surface area (TPSA) is 35.5 Å². The average molecular weight is 238 g/mol. The summed E-state index contributed by atoms with van der Waals surface area (Å²) in [4.78, 5) is 11.9. The third-order valence-corrected chi connectivity index (χ3v) is 2.97. The van der Waals surface area contributed by atoms with Crippen LogP contribution in [0.3, 0.4) is 0 Å². The molecule has 1 aliphatic rings. The Bertz CT molecular complexity index is 431. The summed E-state index contributed by atoms with van der Waals surface area (Å²) < 4.78 is 23.8. The number of hydrogen-bond acceptors (Lipinski definition) is 3. The van der Waals surface area contributed by atoms with Crippen LogP contribution in [0.25, 0.3) is 0 Å². The van der Waals surface area contributed by atoms with E-state index in [4.69, 9.17) is 9.47 Å². The molecule has 0 aromatic heterocycles. The van der Waals surface area contributed by atoms with Gasteiger partial charge in [0.15, 0.2) is 5.78 Å². The van der Waals surface area contributed by atoms with E-state index in [1.54, 1.807) is 7.11 Å². The van der Waals surface area contributed by atoms with Crippen LogP contribution in [-0.2, 0) is 4.74 Å². The minimum atomic E-state index is -0.392. The molecule has 0 saturated heterocycles. The highest BCUT2D eigenvalue weighted by molar-refractivity contribution is 5.99. The predicted octanol–water partition coefficient (Wildman–Crippen LogP) is 2.44. The van der Waals surface area contributed by atoms with Crippen molar-refractivity contribution in [3.63, 3.8) is 0 Å². The summed E-state index contributed by atoms with van der Waals surface area (Å²) in [5, 5.41) is 0. The molecule has 0 N–H and O–H groups in total. The summed E-state index contributed by atoms with van der Waals surface area (Å²) in [6.07, 6.45) is 0.0835. The number of Topliss-reactive ketones (excluding diaryl/α,β-unsaturated/α-hetero) is 1. The van der Waals surface area contributed by atoms with Gasteiger partial charge in [0.2, 0.25) is 0 Å². The molecule has 2 unspecified atom stereocenters. The first-order valence-corrected chi connectivity index (χ1v) is 5.60. The van der Waals surface area contributed by atoms with E-state index in [9.17, 15) is 9.18 Å². The minimum Gasteiger partial charge on any atom is -0.489 e. The van der Waals surface area contributed by atoms with Gasteiger partial charge in [0.05, 0.1) is 12.2 Å². The van der Waals surface area contributed by atoms with Crippen molar-refractivity contribution in [2.24, 2.45) is 5.92 Å². The first kappa shape index (κ1) is 12.0. The van der Waals surface area contributed by atoms with Crippen LogP contribution < -0.4 is 4.74 Å². The van der Waals surface area contributed by atoms with Crippen LogP contribution in [0.15, 0.2) is 18.2 Å². The van der Waals surface area contributed by atoms with Crippen molar-refractivity contribution in [3.05, 3.63) is 29.6 Å². The van der Waals surface area contributed by atoms with Crippen molar-refractivity contribution < 1.29 is 18.7 Å². The average Bonchev–Trinajstić information content (AvgIpc) is 2.28. The highest BCUT2D eigenvalue weighted by Crippen LogP contribution is 2.30. The van der Waals surface area contributed by atoms with Crippen LogP contribution in [0.4, 0.5) is 4.39 Å². The van der Waals surface area contributed by atoms with Gasteiger partial charge in [0.1, 0.15) is 17.7 Å². The molecule has 1 aromatic rings. The number of hydrogen-bond donors (Lipinski definition) is 0. The van der Waals surface area contributed by atoms with E-state index < -0.39 is 5.82 Å². The monoisotopic (exact) mass is 238 g/mol. The summed E-state index contributed by atoms with van der Waals surface area (Å²) in [6, 6.07) is 4.02. The van der Waals surface area contributed by atoms with Gasteiger partial charge in [-0.05, 0) is 12.1 Å². The molecule has 1 heterocycles. The second-order valence-corrected chi connectivity index (χ2v) is 4.36. The zero-order valence-corrected chi connectivity index (χ0v) is 9.90. The first-order valence-electron chi connectivity index (χ1n) is 5.60. The Kier molecular flexibility index (Phi) is 3.43. The van der Waals surface area contributed by atoms with E-state index in [-0.39, 0.29) is 17.8 Å². The summed E-state index contributed by atoms with van der Waals surface area (Å²) in [5.74, 6) is 0.0466. The Morgan fingerprint density at radius 3 is 3.06 bits per heavy atom. The van der Waals surface area contributed by atoms with Gasteiger partial charge in [-0.1, -0.05) is 6.92 Å². The first-order chi connectivity index (χ1) is 8.11. The number of methoxy groups -OCH3 is 1. The summed E-state index contributed by atoms with van der Waals surface area (Å²) in [7, 11) is 1.61. The van der Waals surface area contributed by atoms with Gasteiger partial charge >= 0.3 is 0 Å². The van der Waals surface area contributed by atoms with E-state index >= 15 is 0 Å². The van der Waals surface area contributed by atoms with Crippen LogP contribution in [0.1, 0.15) is 23.7 Å². The van der Waals surface area contributed by atoms with Crippen LogP contribution in [0.5, 0.6) is 5.75 Å². The zero-order chi connectivity index (χ0) is 12.4. The van der Waals surface area contributed by atoms with Crippen molar-refractivity contribution >= 4 is 5.78 Å². The van der Waals surface area contributed by atoms with Crippen molar-refractivity contribution in [1.29, 1.82) is 0 Å². The number of fused-ring (bicyclic) bond motifs is 1. The molecule has 0 radical (unpaired) electrons. The molecule has 92 valence electrons. The van der Waals surface area contributed by atoms with Crippen molar-refractivity contribution in [1.82, 2.24) is 0 Å². The molecule has 17 heavy (non-hydrogen) atoms. The van der Waals surface area contributed by atoms with Gasteiger partial charge in [0, 0.05) is 25.5 Å². The van der Waals surface area contributed by atoms with Gasteiger partial charge < -0.3 is 9.47 Å². The number of ether oxygens (including phenoxy) is 2. The molecule has 0 saturated carbocycles. The molecule has 0 aliphatic carbocycles. The largest absolute Gasteiger partial charge is 0.489 e. The third kappa shape index (κ3) is 2.47. The molecule has 2 rings (SSSR count). The molecule has 0 bridgehead atoms. The Labute approximate surface area is 99.5 Å². The fourth-order valence-corrected chi connectivity index (χ4v) is 2.01. The highest BCUT2D eigenvalue weighted by Gasteiger charge is 2.30. The number of benzene rings is 1. The normalized spacial score (nSPS) is 20.6. The van der Waals surface area contributed by atoms with Crippen LogP contribution >= 0.6 is 0 Å². The lowest BCUT2D eigenvalue weighted by molar-refractivity contribution is 0.0523. The van der Waals surface area contributed by atoms with Gasteiger partial charge in [-0.2, -0.15) is 0 Å². The number of carbonyl (C=O) groups excluding carboxylic acids is 1. The predicted molar refractivity (Wildman–Crippen MR) is 60.8 cm³/mol. The van der Waals surface area contributed by atoms with E-state index in [0.29, 0.717) is 24.3 Å². The number of ketones is 1. The maximum Gasteiger partial charge on any atom is 0.170 e. The van der Waals surface area contributed by atoms with Crippen molar-refractivity contribution in [2.45, 2.75) is 19.4 Å². The van der Waals surface area contributed by atoms with Crippen molar-refractivity contribution in [2.75, 3.05) is 13.7 Å². The molecule has 1 aromatic carbocycles. The number of carbonyl (C=O) groups is 1. The summed E-state index contributed by atoms with van der Waals surface area (Å²) in [6.45, 7) is 2.47. The molecule has 0 amide bonds. The Hall–Kier alpha value is -1.42. The van der Waals surface area contributed by atoms with Gasteiger partial charge in [-0.15, -0.1) is 0 Å². The molecule has 3 nitrogen and oxygen atoms in total. The zero-order valence-electron chi connectivity index (χ0n) is 9.90.